The second-order valence-electron chi connectivity index (χ2n) is 6.82. The van der Waals surface area contributed by atoms with E-state index in [0.717, 1.165) is 44.9 Å². The van der Waals surface area contributed by atoms with E-state index < -0.39 is 5.97 Å². The van der Waals surface area contributed by atoms with E-state index in [-0.39, 0.29) is 0 Å². The number of hydrogen-bond donors (Lipinski definition) is 1. The number of carboxylic acid groups (broad SMARTS) is 1. The van der Waals surface area contributed by atoms with Crippen LogP contribution in [-0.2, 0) is 9.53 Å². The minimum Gasteiger partial charge on any atom is -0.481 e. The van der Waals surface area contributed by atoms with Gasteiger partial charge in [-0.2, -0.15) is 0 Å². The Morgan fingerprint density at radius 1 is 0.840 bits per heavy atom. The molecule has 0 aromatic rings. The molecule has 2 atom stereocenters. The summed E-state index contributed by atoms with van der Waals surface area (Å²) < 4.78 is 5.68. The third-order valence-corrected chi connectivity index (χ3v) is 4.43. The average molecular weight is 349 g/mol. The number of carbonyl (C=O) groups is 1. The third-order valence-electron chi connectivity index (χ3n) is 4.43. The summed E-state index contributed by atoms with van der Waals surface area (Å²) in [6.45, 7) is 2.24. The number of epoxide rings is 1. The van der Waals surface area contributed by atoms with Gasteiger partial charge >= 0.3 is 5.97 Å². The number of carboxylic acids is 1. The summed E-state index contributed by atoms with van der Waals surface area (Å²) in [7, 11) is 0. The number of rotatable bonds is 16. The lowest BCUT2D eigenvalue weighted by Crippen LogP contribution is -1.93. The fraction of sp³-hybridized carbons (Fsp3) is 0.682. The topological polar surface area (TPSA) is 49.8 Å². The monoisotopic (exact) mass is 348 g/mol. The second-order valence-corrected chi connectivity index (χ2v) is 6.82. The van der Waals surface area contributed by atoms with Crippen molar-refractivity contribution >= 4 is 5.97 Å². The standard InChI is InChI=1S/C22H36O3/c1-2-3-4-5-11-14-17-20-21(25-20)18-15-12-9-7-6-8-10-13-16-19-22(23)24/h6-7,11-12,14-15,20-21H,2-5,8-10,13,16-19H2,1H3,(H,23,24)/b7-6-,14-11-,15-12-. The summed E-state index contributed by atoms with van der Waals surface area (Å²) in [6.07, 6.45) is 26.7. The van der Waals surface area contributed by atoms with Gasteiger partial charge in [-0.3, -0.25) is 4.79 Å². The molecule has 25 heavy (non-hydrogen) atoms. The molecular weight excluding hydrogens is 312 g/mol. The Kier molecular flexibility index (Phi) is 13.0. The van der Waals surface area contributed by atoms with Crippen molar-refractivity contribution in [2.24, 2.45) is 0 Å². The first kappa shape index (κ1) is 21.7. The van der Waals surface area contributed by atoms with Gasteiger partial charge in [-0.1, -0.05) is 62.6 Å². The SMILES string of the molecule is CCCCC/C=C\CC1OC1C/C=C\C/C=C\CCCCCC(=O)O. The lowest BCUT2D eigenvalue weighted by Gasteiger charge is -1.94. The van der Waals surface area contributed by atoms with E-state index in [1.807, 2.05) is 0 Å². The van der Waals surface area contributed by atoms with E-state index >= 15 is 0 Å². The van der Waals surface area contributed by atoms with Crippen molar-refractivity contribution in [1.29, 1.82) is 0 Å². The Morgan fingerprint density at radius 2 is 1.44 bits per heavy atom. The van der Waals surface area contributed by atoms with Crippen molar-refractivity contribution in [2.75, 3.05) is 0 Å². The molecular formula is C22H36O3. The second kappa shape index (κ2) is 14.9. The van der Waals surface area contributed by atoms with Gasteiger partial charge in [0.2, 0.25) is 0 Å². The Morgan fingerprint density at radius 3 is 2.12 bits per heavy atom. The minimum absolute atomic E-state index is 0.297. The number of allylic oxidation sites excluding steroid dienone is 4. The first-order chi connectivity index (χ1) is 12.2. The van der Waals surface area contributed by atoms with Crippen LogP contribution in [0.4, 0.5) is 0 Å². The van der Waals surface area contributed by atoms with Gasteiger partial charge < -0.3 is 9.84 Å². The van der Waals surface area contributed by atoms with Crippen LogP contribution in [0.25, 0.3) is 0 Å². The van der Waals surface area contributed by atoms with Gasteiger partial charge in [-0.05, 0) is 51.4 Å². The van der Waals surface area contributed by atoms with Gasteiger partial charge in [0, 0.05) is 6.42 Å². The van der Waals surface area contributed by atoms with Gasteiger partial charge in [0.05, 0.1) is 12.2 Å². The predicted molar refractivity (Wildman–Crippen MR) is 105 cm³/mol. The molecule has 0 spiro atoms. The lowest BCUT2D eigenvalue weighted by atomic mass is 10.1. The van der Waals surface area contributed by atoms with Crippen LogP contribution in [0.15, 0.2) is 36.5 Å². The highest BCUT2D eigenvalue weighted by atomic mass is 16.6. The molecule has 0 amide bonds. The average Bonchev–Trinajstić information content (AvgIpc) is 3.34. The molecule has 0 aliphatic carbocycles. The van der Waals surface area contributed by atoms with Crippen molar-refractivity contribution in [3.8, 4) is 0 Å². The highest BCUT2D eigenvalue weighted by Gasteiger charge is 2.35. The Labute approximate surface area is 153 Å². The molecule has 0 aromatic carbocycles. The zero-order chi connectivity index (χ0) is 18.2. The van der Waals surface area contributed by atoms with Crippen LogP contribution < -0.4 is 0 Å². The summed E-state index contributed by atoms with van der Waals surface area (Å²) in [5, 5.41) is 8.54. The molecule has 1 saturated heterocycles. The van der Waals surface area contributed by atoms with Gasteiger partial charge in [-0.25, -0.2) is 0 Å². The maximum atomic E-state index is 10.4. The van der Waals surface area contributed by atoms with Crippen molar-refractivity contribution < 1.29 is 14.6 Å². The summed E-state index contributed by atoms with van der Waals surface area (Å²) in [5.74, 6) is -0.689. The van der Waals surface area contributed by atoms with Crippen LogP contribution in [0, 0.1) is 0 Å². The number of aliphatic carboxylic acids is 1. The molecule has 0 bridgehead atoms. The van der Waals surface area contributed by atoms with Crippen molar-refractivity contribution in [3.63, 3.8) is 0 Å². The molecule has 1 aliphatic heterocycles. The van der Waals surface area contributed by atoms with Crippen LogP contribution in [0.1, 0.15) is 84.0 Å². The van der Waals surface area contributed by atoms with Crippen molar-refractivity contribution in [3.05, 3.63) is 36.5 Å². The molecule has 0 saturated carbocycles. The Hall–Kier alpha value is -1.35. The molecule has 1 N–H and O–H groups in total. The quantitative estimate of drug-likeness (QED) is 0.205. The third kappa shape index (κ3) is 13.6. The lowest BCUT2D eigenvalue weighted by molar-refractivity contribution is -0.137. The molecule has 3 nitrogen and oxygen atoms in total. The van der Waals surface area contributed by atoms with Gasteiger partial charge in [0.1, 0.15) is 0 Å². The van der Waals surface area contributed by atoms with Gasteiger partial charge in [-0.15, -0.1) is 0 Å². The largest absolute Gasteiger partial charge is 0.481 e. The summed E-state index contributed by atoms with van der Waals surface area (Å²) in [6, 6.07) is 0. The van der Waals surface area contributed by atoms with Crippen LogP contribution in [0.3, 0.4) is 0 Å². The Balaban J connectivity index is 1.89. The number of ether oxygens (including phenoxy) is 1. The summed E-state index contributed by atoms with van der Waals surface area (Å²) >= 11 is 0. The van der Waals surface area contributed by atoms with Gasteiger partial charge in [0.15, 0.2) is 0 Å². The predicted octanol–water partition coefficient (Wildman–Crippen LogP) is 6.21. The number of hydrogen-bond acceptors (Lipinski definition) is 2. The van der Waals surface area contributed by atoms with Crippen LogP contribution >= 0.6 is 0 Å². The molecule has 1 rings (SSSR count). The molecule has 142 valence electrons. The van der Waals surface area contributed by atoms with Gasteiger partial charge in [0.25, 0.3) is 0 Å². The highest BCUT2D eigenvalue weighted by molar-refractivity contribution is 5.66. The van der Waals surface area contributed by atoms with E-state index in [2.05, 4.69) is 43.4 Å². The molecule has 1 heterocycles. The van der Waals surface area contributed by atoms with E-state index in [9.17, 15) is 4.79 Å². The smallest absolute Gasteiger partial charge is 0.303 e. The zero-order valence-corrected chi connectivity index (χ0v) is 15.9. The summed E-state index contributed by atoms with van der Waals surface area (Å²) in [4.78, 5) is 10.4. The van der Waals surface area contributed by atoms with Crippen molar-refractivity contribution in [2.45, 2.75) is 96.2 Å². The fourth-order valence-corrected chi connectivity index (χ4v) is 2.79. The van der Waals surface area contributed by atoms with Crippen LogP contribution in [-0.4, -0.2) is 23.3 Å². The van der Waals surface area contributed by atoms with E-state index in [1.165, 1.54) is 25.7 Å². The Bertz CT molecular complexity index is 423. The maximum Gasteiger partial charge on any atom is 0.303 e. The summed E-state index contributed by atoms with van der Waals surface area (Å²) in [5.41, 5.74) is 0. The fourth-order valence-electron chi connectivity index (χ4n) is 2.79. The van der Waals surface area contributed by atoms with E-state index in [4.69, 9.17) is 9.84 Å². The number of unbranched alkanes of at least 4 members (excludes halogenated alkanes) is 6. The zero-order valence-electron chi connectivity index (χ0n) is 15.9. The van der Waals surface area contributed by atoms with E-state index in [1.54, 1.807) is 0 Å². The highest BCUT2D eigenvalue weighted by Crippen LogP contribution is 2.29. The normalized spacial score (nSPS) is 20.2. The first-order valence-electron chi connectivity index (χ1n) is 10.1. The molecule has 2 unspecified atom stereocenters. The minimum atomic E-state index is -0.689. The maximum absolute atomic E-state index is 10.4. The molecule has 0 radical (unpaired) electrons. The molecule has 1 aliphatic rings. The van der Waals surface area contributed by atoms with Crippen LogP contribution in [0.2, 0.25) is 0 Å². The van der Waals surface area contributed by atoms with Crippen LogP contribution in [0.5, 0.6) is 0 Å². The van der Waals surface area contributed by atoms with E-state index in [0.29, 0.717) is 18.6 Å². The van der Waals surface area contributed by atoms with Crippen molar-refractivity contribution in [1.82, 2.24) is 0 Å². The molecule has 3 heteroatoms. The molecule has 0 aromatic heterocycles. The first-order valence-corrected chi connectivity index (χ1v) is 10.1. The molecule has 1 fully saturated rings.